The number of hydrogen-bond donors (Lipinski definition) is 2. The molecule has 0 radical (unpaired) electrons. The molecule has 1 saturated carbocycles. The third kappa shape index (κ3) is 3.32. The van der Waals surface area contributed by atoms with Gasteiger partial charge < -0.3 is 16.0 Å². The summed E-state index contributed by atoms with van der Waals surface area (Å²) < 4.78 is 0. The number of guanidine groups is 1. The van der Waals surface area contributed by atoms with Crippen LogP contribution >= 0.6 is 11.8 Å². The molecule has 1 heterocycles. The van der Waals surface area contributed by atoms with Crippen LogP contribution in [0.4, 0.5) is 0 Å². The molecule has 1 atom stereocenters. The number of nitrogens with zero attached hydrogens (tertiary/aromatic N) is 2. The predicted molar refractivity (Wildman–Crippen MR) is 80.2 cm³/mol. The van der Waals surface area contributed by atoms with E-state index in [2.05, 4.69) is 29.3 Å². The minimum absolute atomic E-state index is 0.216. The summed E-state index contributed by atoms with van der Waals surface area (Å²) in [6.45, 7) is 1.82. The number of nitrogens with two attached hydrogens (primary N) is 1. The van der Waals surface area contributed by atoms with Crippen LogP contribution in [-0.2, 0) is 0 Å². The van der Waals surface area contributed by atoms with Gasteiger partial charge in [0, 0.05) is 17.8 Å². The summed E-state index contributed by atoms with van der Waals surface area (Å²) in [5, 5.41) is 3.27. The molecular formula is C13H26N4S. The Balaban J connectivity index is 1.79. The maximum absolute atomic E-state index is 5.95. The van der Waals surface area contributed by atoms with Crippen molar-refractivity contribution >= 4 is 17.7 Å². The lowest BCUT2D eigenvalue weighted by atomic mass is 9.85. The van der Waals surface area contributed by atoms with Gasteiger partial charge in [-0.25, -0.2) is 0 Å². The van der Waals surface area contributed by atoms with Gasteiger partial charge in [0.05, 0.1) is 6.54 Å². The van der Waals surface area contributed by atoms with Crippen LogP contribution in [0.15, 0.2) is 4.99 Å². The molecule has 2 fully saturated rings. The molecule has 0 spiro atoms. The van der Waals surface area contributed by atoms with Gasteiger partial charge in [0.2, 0.25) is 0 Å². The highest BCUT2D eigenvalue weighted by Crippen LogP contribution is 2.32. The summed E-state index contributed by atoms with van der Waals surface area (Å²) in [4.78, 5) is 6.87. The van der Waals surface area contributed by atoms with Crippen molar-refractivity contribution in [2.45, 2.75) is 31.2 Å². The first-order valence-corrected chi connectivity index (χ1v) is 8.07. The summed E-state index contributed by atoms with van der Waals surface area (Å²) in [5.74, 6) is 3.85. The van der Waals surface area contributed by atoms with Crippen LogP contribution in [-0.4, -0.2) is 55.1 Å². The molecule has 18 heavy (non-hydrogen) atoms. The second-order valence-corrected chi connectivity index (χ2v) is 6.91. The number of nitrogens with one attached hydrogen (secondary N) is 1. The van der Waals surface area contributed by atoms with E-state index in [9.17, 15) is 0 Å². The van der Waals surface area contributed by atoms with Gasteiger partial charge in [0.1, 0.15) is 0 Å². The zero-order valence-electron chi connectivity index (χ0n) is 11.6. The Morgan fingerprint density at radius 1 is 1.50 bits per heavy atom. The van der Waals surface area contributed by atoms with Crippen molar-refractivity contribution < 1.29 is 0 Å². The molecule has 104 valence electrons. The monoisotopic (exact) mass is 270 g/mol. The van der Waals surface area contributed by atoms with Crippen molar-refractivity contribution in [3.63, 3.8) is 0 Å². The topological polar surface area (TPSA) is 53.6 Å². The Bertz CT molecular complexity index is 293. The van der Waals surface area contributed by atoms with E-state index in [1.54, 1.807) is 0 Å². The van der Waals surface area contributed by atoms with Gasteiger partial charge in [-0.3, -0.25) is 4.99 Å². The highest BCUT2D eigenvalue weighted by atomic mass is 32.2. The third-order valence-electron chi connectivity index (χ3n) is 4.37. The van der Waals surface area contributed by atoms with Crippen molar-refractivity contribution in [2.24, 2.45) is 16.6 Å². The maximum Gasteiger partial charge on any atom is 0.188 e. The highest BCUT2D eigenvalue weighted by molar-refractivity contribution is 7.99. The molecule has 2 aliphatic rings. The zero-order valence-corrected chi connectivity index (χ0v) is 12.4. The molecule has 1 aliphatic carbocycles. The van der Waals surface area contributed by atoms with Crippen molar-refractivity contribution in [1.82, 2.24) is 10.2 Å². The Morgan fingerprint density at radius 3 is 2.78 bits per heavy atom. The molecule has 0 bridgehead atoms. The van der Waals surface area contributed by atoms with E-state index >= 15 is 0 Å². The van der Waals surface area contributed by atoms with Crippen molar-refractivity contribution in [1.29, 1.82) is 0 Å². The molecule has 0 amide bonds. The van der Waals surface area contributed by atoms with Crippen LogP contribution in [0, 0.1) is 5.92 Å². The van der Waals surface area contributed by atoms with Gasteiger partial charge >= 0.3 is 0 Å². The number of aliphatic imine (C=N–C) groups is 1. The molecule has 0 aromatic heterocycles. The minimum atomic E-state index is 0.216. The van der Waals surface area contributed by atoms with E-state index in [0.717, 1.165) is 19.0 Å². The van der Waals surface area contributed by atoms with Crippen LogP contribution in [0.1, 0.15) is 25.7 Å². The first-order chi connectivity index (χ1) is 8.62. The van der Waals surface area contributed by atoms with Crippen LogP contribution in [0.5, 0.6) is 0 Å². The Labute approximate surface area is 115 Å². The van der Waals surface area contributed by atoms with Gasteiger partial charge in [0.15, 0.2) is 5.96 Å². The smallest absolute Gasteiger partial charge is 0.188 e. The Morgan fingerprint density at radius 2 is 2.28 bits per heavy atom. The number of rotatable bonds is 5. The fraction of sp³-hybridized carbons (Fsp3) is 0.923. The summed E-state index contributed by atoms with van der Waals surface area (Å²) in [6.07, 6.45) is 5.28. The predicted octanol–water partition coefficient (Wildman–Crippen LogP) is 1.13. The fourth-order valence-electron chi connectivity index (χ4n) is 2.45. The minimum Gasteiger partial charge on any atom is -0.370 e. The number of thioether (sulfide) groups is 1. The van der Waals surface area contributed by atoms with E-state index in [0.29, 0.717) is 5.96 Å². The lowest BCUT2D eigenvalue weighted by molar-refractivity contribution is 0.190. The summed E-state index contributed by atoms with van der Waals surface area (Å²) in [5.41, 5.74) is 6.17. The molecule has 5 heteroatoms. The molecule has 1 unspecified atom stereocenters. The Hall–Kier alpha value is -0.420. The summed E-state index contributed by atoms with van der Waals surface area (Å²) >= 11 is 2.02. The van der Waals surface area contributed by atoms with E-state index in [-0.39, 0.29) is 5.54 Å². The van der Waals surface area contributed by atoms with Crippen LogP contribution < -0.4 is 11.1 Å². The van der Waals surface area contributed by atoms with Crippen LogP contribution in [0.25, 0.3) is 0 Å². The van der Waals surface area contributed by atoms with Gasteiger partial charge in [-0.2, -0.15) is 11.8 Å². The molecule has 1 aliphatic heterocycles. The second kappa shape index (κ2) is 6.15. The fourth-order valence-corrected chi connectivity index (χ4v) is 3.99. The SMILES string of the molecule is CN(C)C1(CN=C(N)NCC2CCC2)CCSC1. The van der Waals surface area contributed by atoms with E-state index < -0.39 is 0 Å². The largest absolute Gasteiger partial charge is 0.370 e. The van der Waals surface area contributed by atoms with Gasteiger partial charge in [-0.1, -0.05) is 6.42 Å². The normalized spacial score (nSPS) is 29.6. The lowest BCUT2D eigenvalue weighted by Gasteiger charge is -2.34. The number of likely N-dealkylation sites (N-methyl/N-ethyl adjacent to an activating group) is 1. The van der Waals surface area contributed by atoms with E-state index in [4.69, 9.17) is 5.73 Å². The lowest BCUT2D eigenvalue weighted by Crippen LogP contribution is -2.48. The Kier molecular flexibility index (Phi) is 4.78. The van der Waals surface area contributed by atoms with Crippen molar-refractivity contribution in [2.75, 3.05) is 38.7 Å². The first kappa shape index (κ1) is 14.0. The summed E-state index contributed by atoms with van der Waals surface area (Å²) in [6, 6.07) is 0. The molecule has 4 nitrogen and oxygen atoms in total. The first-order valence-electron chi connectivity index (χ1n) is 6.91. The molecule has 2 rings (SSSR count). The molecular weight excluding hydrogens is 244 g/mol. The maximum atomic E-state index is 5.95. The van der Waals surface area contributed by atoms with E-state index in [1.165, 1.54) is 37.2 Å². The molecule has 3 N–H and O–H groups in total. The molecule has 1 saturated heterocycles. The molecule has 0 aromatic rings. The zero-order chi connectivity index (χ0) is 13.0. The van der Waals surface area contributed by atoms with E-state index in [1.807, 2.05) is 11.8 Å². The van der Waals surface area contributed by atoms with Gasteiger partial charge in [0.25, 0.3) is 0 Å². The van der Waals surface area contributed by atoms with Crippen LogP contribution in [0.3, 0.4) is 0 Å². The standard InChI is InChI=1S/C13H26N4S/c1-17(2)13(6-7-18-10-13)9-16-12(14)15-8-11-4-3-5-11/h11H,3-10H2,1-2H3,(H3,14,15,16). The van der Waals surface area contributed by atoms with Crippen molar-refractivity contribution in [3.05, 3.63) is 0 Å². The van der Waals surface area contributed by atoms with Crippen molar-refractivity contribution in [3.8, 4) is 0 Å². The number of hydrogen-bond acceptors (Lipinski definition) is 3. The summed E-state index contributed by atoms with van der Waals surface area (Å²) in [7, 11) is 4.30. The van der Waals surface area contributed by atoms with Gasteiger partial charge in [-0.05, 0) is 45.0 Å². The van der Waals surface area contributed by atoms with Crippen LogP contribution in [0.2, 0.25) is 0 Å². The molecule has 0 aromatic carbocycles. The quantitative estimate of drug-likeness (QED) is 0.581. The average Bonchev–Trinajstić information content (AvgIpc) is 2.74. The third-order valence-corrected chi connectivity index (χ3v) is 5.61. The second-order valence-electron chi connectivity index (χ2n) is 5.80. The average molecular weight is 270 g/mol. The highest BCUT2D eigenvalue weighted by Gasteiger charge is 2.36. The van der Waals surface area contributed by atoms with Gasteiger partial charge in [-0.15, -0.1) is 0 Å².